The Balaban J connectivity index is 2.14. The maximum Gasteiger partial charge on any atom is 0.416 e. The Bertz CT molecular complexity index is 666. The third-order valence-corrected chi connectivity index (χ3v) is 4.03. The molecule has 7 heteroatoms. The molecular weight excluding hydrogens is 325 g/mol. The number of thiophene rings is 1. The van der Waals surface area contributed by atoms with Crippen molar-refractivity contribution in [3.05, 3.63) is 46.2 Å². The van der Waals surface area contributed by atoms with E-state index in [-0.39, 0.29) is 18.0 Å². The highest BCUT2D eigenvalue weighted by Gasteiger charge is 2.31. The molecule has 2 aromatic rings. The van der Waals surface area contributed by atoms with Gasteiger partial charge >= 0.3 is 6.18 Å². The number of carbonyl (C=O) groups excluding carboxylic acids is 1. The third kappa shape index (κ3) is 4.72. The molecular formula is C16H17F3N2OS. The van der Waals surface area contributed by atoms with Crippen molar-refractivity contribution in [3.8, 4) is 0 Å². The Hall–Kier alpha value is -2.02. The molecule has 0 bridgehead atoms. The van der Waals surface area contributed by atoms with E-state index in [1.807, 2.05) is 16.8 Å². The molecule has 23 heavy (non-hydrogen) atoms. The zero-order valence-corrected chi connectivity index (χ0v) is 13.6. The summed E-state index contributed by atoms with van der Waals surface area (Å²) in [6.07, 6.45) is -3.66. The van der Waals surface area contributed by atoms with Crippen LogP contribution in [-0.2, 0) is 17.4 Å². The highest BCUT2D eigenvalue weighted by molar-refractivity contribution is 7.07. The summed E-state index contributed by atoms with van der Waals surface area (Å²) in [5.74, 6) is -0.307. The van der Waals surface area contributed by atoms with Gasteiger partial charge in [-0.05, 0) is 47.0 Å². The number of benzene rings is 1. The minimum absolute atomic E-state index is 0.167. The molecule has 0 spiro atoms. The fourth-order valence-corrected chi connectivity index (χ4v) is 2.81. The molecule has 0 aliphatic rings. The van der Waals surface area contributed by atoms with E-state index in [0.717, 1.165) is 17.7 Å². The van der Waals surface area contributed by atoms with Gasteiger partial charge in [-0.2, -0.15) is 24.5 Å². The molecule has 0 radical (unpaired) electrons. The summed E-state index contributed by atoms with van der Waals surface area (Å²) in [5.41, 5.74) is 0.959. The van der Waals surface area contributed by atoms with Crippen LogP contribution in [0.5, 0.6) is 0 Å². The number of aryl methyl sites for hydroxylation is 1. The van der Waals surface area contributed by atoms with E-state index in [2.05, 4.69) is 5.32 Å². The number of anilines is 2. The molecule has 3 nitrogen and oxygen atoms in total. The summed E-state index contributed by atoms with van der Waals surface area (Å²) in [5, 5.41) is 6.46. The quantitative estimate of drug-likeness (QED) is 0.873. The topological polar surface area (TPSA) is 32.3 Å². The predicted molar refractivity (Wildman–Crippen MR) is 87.0 cm³/mol. The standard InChI is InChI=1S/C16H17F3N2OS/c1-21(2)14-5-4-12(16(17,18)19)9-13(14)20-15(22)6-3-11-7-8-23-10-11/h4-5,7-10H,3,6H2,1-2H3,(H,20,22). The van der Waals surface area contributed by atoms with Crippen LogP contribution in [0.3, 0.4) is 0 Å². The zero-order valence-electron chi connectivity index (χ0n) is 12.8. The molecule has 1 heterocycles. The Morgan fingerprint density at radius 2 is 2.00 bits per heavy atom. The highest BCUT2D eigenvalue weighted by atomic mass is 32.1. The molecule has 124 valence electrons. The molecule has 2 rings (SSSR count). The average Bonchev–Trinajstić information content (AvgIpc) is 2.97. The molecule has 0 aliphatic carbocycles. The van der Waals surface area contributed by atoms with E-state index >= 15 is 0 Å². The minimum atomic E-state index is -4.44. The van der Waals surface area contributed by atoms with E-state index in [9.17, 15) is 18.0 Å². The third-order valence-electron chi connectivity index (χ3n) is 3.30. The average molecular weight is 342 g/mol. The van der Waals surface area contributed by atoms with Crippen LogP contribution in [0.25, 0.3) is 0 Å². The monoisotopic (exact) mass is 342 g/mol. The van der Waals surface area contributed by atoms with Crippen molar-refractivity contribution in [2.75, 3.05) is 24.3 Å². The van der Waals surface area contributed by atoms with Crippen molar-refractivity contribution in [1.29, 1.82) is 0 Å². The van der Waals surface area contributed by atoms with Gasteiger partial charge in [0.25, 0.3) is 0 Å². The normalized spacial score (nSPS) is 11.3. The second kappa shape index (κ2) is 7.04. The van der Waals surface area contributed by atoms with Gasteiger partial charge in [0.1, 0.15) is 0 Å². The summed E-state index contributed by atoms with van der Waals surface area (Å²) in [7, 11) is 3.42. The van der Waals surface area contributed by atoms with Crippen LogP contribution in [0, 0.1) is 0 Å². The maximum atomic E-state index is 12.8. The van der Waals surface area contributed by atoms with Crippen molar-refractivity contribution in [2.24, 2.45) is 0 Å². The summed E-state index contributed by atoms with van der Waals surface area (Å²) in [4.78, 5) is 13.7. The number of amides is 1. The zero-order chi connectivity index (χ0) is 17.0. The Kier molecular flexibility index (Phi) is 5.30. The lowest BCUT2D eigenvalue weighted by atomic mass is 10.1. The van der Waals surface area contributed by atoms with Gasteiger partial charge in [0.2, 0.25) is 5.91 Å². The van der Waals surface area contributed by atoms with Crippen molar-refractivity contribution in [3.63, 3.8) is 0 Å². The molecule has 0 saturated carbocycles. The molecule has 0 saturated heterocycles. The maximum absolute atomic E-state index is 12.8. The number of nitrogens with one attached hydrogen (secondary N) is 1. The summed E-state index contributed by atoms with van der Waals surface area (Å²) >= 11 is 1.54. The number of carbonyl (C=O) groups is 1. The Morgan fingerprint density at radius 3 is 2.57 bits per heavy atom. The molecule has 0 aliphatic heterocycles. The van der Waals surface area contributed by atoms with Gasteiger partial charge in [-0.3, -0.25) is 4.79 Å². The van der Waals surface area contributed by atoms with Crippen molar-refractivity contribution < 1.29 is 18.0 Å². The first-order chi connectivity index (χ1) is 10.8. The van der Waals surface area contributed by atoms with Gasteiger partial charge in [0.05, 0.1) is 16.9 Å². The number of hydrogen-bond acceptors (Lipinski definition) is 3. The van der Waals surface area contributed by atoms with Crippen LogP contribution in [0.15, 0.2) is 35.0 Å². The first kappa shape index (κ1) is 17.3. The number of alkyl halides is 3. The van der Waals surface area contributed by atoms with E-state index in [1.165, 1.54) is 6.07 Å². The SMILES string of the molecule is CN(C)c1ccc(C(F)(F)F)cc1NC(=O)CCc1ccsc1. The number of nitrogens with zero attached hydrogens (tertiary/aromatic N) is 1. The van der Waals surface area contributed by atoms with E-state index in [4.69, 9.17) is 0 Å². The lowest BCUT2D eigenvalue weighted by Gasteiger charge is -2.19. The first-order valence-electron chi connectivity index (χ1n) is 6.97. The molecule has 1 amide bonds. The van der Waals surface area contributed by atoms with E-state index in [1.54, 1.807) is 30.3 Å². The Morgan fingerprint density at radius 1 is 1.26 bits per heavy atom. The van der Waals surface area contributed by atoms with Crippen LogP contribution in [0.1, 0.15) is 17.5 Å². The van der Waals surface area contributed by atoms with E-state index < -0.39 is 11.7 Å². The largest absolute Gasteiger partial charge is 0.416 e. The molecule has 0 unspecified atom stereocenters. The summed E-state index contributed by atoms with van der Waals surface area (Å²) < 4.78 is 38.5. The Labute approximate surface area is 136 Å². The lowest BCUT2D eigenvalue weighted by Crippen LogP contribution is -2.18. The number of halogens is 3. The van der Waals surface area contributed by atoms with Gasteiger partial charge in [-0.15, -0.1) is 0 Å². The minimum Gasteiger partial charge on any atom is -0.376 e. The van der Waals surface area contributed by atoms with Gasteiger partial charge < -0.3 is 10.2 Å². The van der Waals surface area contributed by atoms with Crippen molar-refractivity contribution >= 4 is 28.6 Å². The first-order valence-corrected chi connectivity index (χ1v) is 7.91. The second-order valence-electron chi connectivity index (χ2n) is 5.30. The van der Waals surface area contributed by atoms with Gasteiger partial charge in [0.15, 0.2) is 0 Å². The second-order valence-corrected chi connectivity index (χ2v) is 6.08. The van der Waals surface area contributed by atoms with Crippen LogP contribution < -0.4 is 10.2 Å². The summed E-state index contributed by atoms with van der Waals surface area (Å²) in [6, 6.07) is 5.26. The van der Waals surface area contributed by atoms with Gasteiger partial charge in [-0.1, -0.05) is 0 Å². The smallest absolute Gasteiger partial charge is 0.376 e. The van der Waals surface area contributed by atoms with Crippen LogP contribution in [0.4, 0.5) is 24.5 Å². The molecule has 1 N–H and O–H groups in total. The number of rotatable bonds is 5. The van der Waals surface area contributed by atoms with Crippen molar-refractivity contribution in [2.45, 2.75) is 19.0 Å². The number of hydrogen-bond donors (Lipinski definition) is 1. The lowest BCUT2D eigenvalue weighted by molar-refractivity contribution is -0.137. The van der Waals surface area contributed by atoms with Gasteiger partial charge in [-0.25, -0.2) is 0 Å². The van der Waals surface area contributed by atoms with Crippen LogP contribution >= 0.6 is 11.3 Å². The van der Waals surface area contributed by atoms with Crippen LogP contribution in [-0.4, -0.2) is 20.0 Å². The molecule has 1 aromatic heterocycles. The fourth-order valence-electron chi connectivity index (χ4n) is 2.11. The molecule has 0 fully saturated rings. The fraction of sp³-hybridized carbons (Fsp3) is 0.312. The van der Waals surface area contributed by atoms with E-state index in [0.29, 0.717) is 12.1 Å². The molecule has 1 aromatic carbocycles. The highest BCUT2D eigenvalue weighted by Crippen LogP contribution is 2.35. The summed E-state index contributed by atoms with van der Waals surface area (Å²) in [6.45, 7) is 0. The van der Waals surface area contributed by atoms with Gasteiger partial charge in [0, 0.05) is 20.5 Å². The van der Waals surface area contributed by atoms with Crippen molar-refractivity contribution in [1.82, 2.24) is 0 Å². The molecule has 0 atom stereocenters. The predicted octanol–water partition coefficient (Wildman–Crippen LogP) is 4.40. The van der Waals surface area contributed by atoms with Crippen LogP contribution in [0.2, 0.25) is 0 Å².